The molecule has 0 atom stereocenters. The van der Waals surface area contributed by atoms with Crippen molar-refractivity contribution in [2.24, 2.45) is 0 Å². The van der Waals surface area contributed by atoms with Gasteiger partial charge < -0.3 is 4.90 Å². The van der Waals surface area contributed by atoms with E-state index in [9.17, 15) is 13.2 Å². The molecule has 3 rings (SSSR count). The van der Waals surface area contributed by atoms with Crippen molar-refractivity contribution >= 4 is 21.6 Å². The van der Waals surface area contributed by atoms with E-state index in [0.717, 1.165) is 0 Å². The molecule has 0 aliphatic rings. The number of hydrogen-bond acceptors (Lipinski definition) is 5. The van der Waals surface area contributed by atoms with Gasteiger partial charge in [0.2, 0.25) is 0 Å². The molecule has 1 heterocycles. The van der Waals surface area contributed by atoms with Crippen molar-refractivity contribution in [3.8, 4) is 0 Å². The molecule has 2 aromatic carbocycles. The Balaban J connectivity index is 1.79. The predicted molar refractivity (Wildman–Crippen MR) is 111 cm³/mol. The van der Waals surface area contributed by atoms with Crippen LogP contribution in [0.4, 0.5) is 5.69 Å². The molecule has 0 radical (unpaired) electrons. The van der Waals surface area contributed by atoms with Crippen LogP contribution >= 0.6 is 0 Å². The number of rotatable bonds is 7. The molecule has 1 amide bonds. The molecule has 0 aliphatic heterocycles. The van der Waals surface area contributed by atoms with Gasteiger partial charge >= 0.3 is 0 Å². The summed E-state index contributed by atoms with van der Waals surface area (Å²) in [7, 11) is -2.06. The highest BCUT2D eigenvalue weighted by atomic mass is 32.2. The number of amides is 1. The second kappa shape index (κ2) is 8.83. The molecule has 0 spiro atoms. The van der Waals surface area contributed by atoms with Crippen molar-refractivity contribution in [3.63, 3.8) is 0 Å². The molecular weight excluding hydrogens is 388 g/mol. The normalized spacial score (nSPS) is 11.1. The lowest BCUT2D eigenvalue weighted by Crippen LogP contribution is -2.31. The summed E-state index contributed by atoms with van der Waals surface area (Å²) in [5, 5.41) is 0. The number of nitrogens with zero attached hydrogens (tertiary/aromatic N) is 4. The Kier molecular flexibility index (Phi) is 6.23. The first kappa shape index (κ1) is 20.5. The minimum absolute atomic E-state index is 0.135. The number of aromatic nitrogens is 2. The van der Waals surface area contributed by atoms with E-state index in [-0.39, 0.29) is 10.8 Å². The van der Waals surface area contributed by atoms with Crippen LogP contribution in [0.25, 0.3) is 0 Å². The summed E-state index contributed by atoms with van der Waals surface area (Å²) >= 11 is 0. The summed E-state index contributed by atoms with van der Waals surface area (Å²) in [6, 6.07) is 14.9. The highest BCUT2D eigenvalue weighted by Crippen LogP contribution is 2.23. The maximum atomic E-state index is 13.0. The lowest BCUT2D eigenvalue weighted by atomic mass is 10.2. The van der Waals surface area contributed by atoms with E-state index in [0.29, 0.717) is 30.0 Å². The average Bonchev–Trinajstić information content (AvgIpc) is 2.75. The molecule has 150 valence electrons. The van der Waals surface area contributed by atoms with E-state index in [2.05, 4.69) is 9.97 Å². The van der Waals surface area contributed by atoms with E-state index in [1.807, 2.05) is 6.07 Å². The third-order valence-corrected chi connectivity index (χ3v) is 6.30. The number of benzene rings is 2. The van der Waals surface area contributed by atoms with Crippen molar-refractivity contribution in [1.82, 2.24) is 14.9 Å². The number of carbonyl (C=O) groups is 1. The SMILES string of the molecule is CCN(c1ccccc1)S(=O)(=O)c1ccc(C(=O)N(C)Cc2cnccn2)cc1. The lowest BCUT2D eigenvalue weighted by molar-refractivity contribution is 0.0783. The maximum absolute atomic E-state index is 13.0. The van der Waals surface area contributed by atoms with Crippen molar-refractivity contribution in [1.29, 1.82) is 0 Å². The first-order chi connectivity index (χ1) is 13.9. The number of hydrogen-bond donors (Lipinski definition) is 0. The first-order valence-electron chi connectivity index (χ1n) is 9.11. The summed E-state index contributed by atoms with van der Waals surface area (Å²) in [5.41, 5.74) is 1.67. The predicted octanol–water partition coefficient (Wildman–Crippen LogP) is 2.96. The third kappa shape index (κ3) is 4.60. The third-order valence-electron chi connectivity index (χ3n) is 4.38. The summed E-state index contributed by atoms with van der Waals surface area (Å²) in [6.45, 7) is 2.39. The summed E-state index contributed by atoms with van der Waals surface area (Å²) in [6.07, 6.45) is 4.74. The molecule has 0 fully saturated rings. The van der Waals surface area contributed by atoms with Gasteiger partial charge in [0, 0.05) is 31.5 Å². The van der Waals surface area contributed by atoms with Crippen LogP contribution in [0, 0.1) is 0 Å². The van der Waals surface area contributed by atoms with Gasteiger partial charge in [-0.05, 0) is 43.3 Å². The van der Waals surface area contributed by atoms with Crippen molar-refractivity contribution in [2.45, 2.75) is 18.4 Å². The molecular formula is C21H22N4O3S. The van der Waals surface area contributed by atoms with Crippen LogP contribution in [0.2, 0.25) is 0 Å². The van der Waals surface area contributed by atoms with Crippen LogP contribution in [-0.2, 0) is 16.6 Å². The molecule has 0 bridgehead atoms. The maximum Gasteiger partial charge on any atom is 0.264 e. The van der Waals surface area contributed by atoms with E-state index in [4.69, 9.17) is 0 Å². The second-order valence-corrected chi connectivity index (χ2v) is 8.25. The number of para-hydroxylation sites is 1. The zero-order chi connectivity index (χ0) is 20.9. The first-order valence-corrected chi connectivity index (χ1v) is 10.6. The Bertz CT molecular complexity index is 1060. The van der Waals surface area contributed by atoms with Gasteiger partial charge in [-0.1, -0.05) is 18.2 Å². The van der Waals surface area contributed by atoms with Gasteiger partial charge in [-0.3, -0.25) is 19.1 Å². The van der Waals surface area contributed by atoms with Gasteiger partial charge in [0.1, 0.15) is 0 Å². The van der Waals surface area contributed by atoms with Crippen molar-refractivity contribution in [2.75, 3.05) is 17.9 Å². The molecule has 7 nitrogen and oxygen atoms in total. The second-order valence-electron chi connectivity index (χ2n) is 6.39. The molecule has 8 heteroatoms. The monoisotopic (exact) mass is 410 g/mol. The minimum atomic E-state index is -3.73. The van der Waals surface area contributed by atoms with Gasteiger partial charge in [-0.15, -0.1) is 0 Å². The fourth-order valence-corrected chi connectivity index (χ4v) is 4.40. The van der Waals surface area contributed by atoms with Crippen LogP contribution in [0.1, 0.15) is 23.0 Å². The van der Waals surface area contributed by atoms with Crippen LogP contribution in [0.15, 0.2) is 78.1 Å². The summed E-state index contributed by atoms with van der Waals surface area (Å²) in [5.74, 6) is -0.227. The largest absolute Gasteiger partial charge is 0.336 e. The van der Waals surface area contributed by atoms with Gasteiger partial charge in [0.05, 0.1) is 29.0 Å². The number of anilines is 1. The lowest BCUT2D eigenvalue weighted by Gasteiger charge is -2.23. The molecule has 0 saturated carbocycles. The van der Waals surface area contributed by atoms with Gasteiger partial charge in [0.15, 0.2) is 0 Å². The quantitative estimate of drug-likeness (QED) is 0.598. The van der Waals surface area contributed by atoms with E-state index >= 15 is 0 Å². The van der Waals surface area contributed by atoms with E-state index in [1.165, 1.54) is 33.5 Å². The highest BCUT2D eigenvalue weighted by Gasteiger charge is 2.24. The van der Waals surface area contributed by atoms with Crippen molar-refractivity contribution < 1.29 is 13.2 Å². The topological polar surface area (TPSA) is 83.5 Å². The van der Waals surface area contributed by atoms with E-state index in [1.54, 1.807) is 56.8 Å². The molecule has 29 heavy (non-hydrogen) atoms. The zero-order valence-electron chi connectivity index (χ0n) is 16.3. The average molecular weight is 410 g/mol. The molecule has 3 aromatic rings. The Morgan fingerprint density at radius 3 is 2.28 bits per heavy atom. The zero-order valence-corrected chi connectivity index (χ0v) is 17.1. The van der Waals surface area contributed by atoms with Crippen LogP contribution in [0.3, 0.4) is 0 Å². The molecule has 0 saturated heterocycles. The number of carbonyl (C=O) groups excluding carboxylic acids is 1. The van der Waals surface area contributed by atoms with Crippen LogP contribution in [-0.4, -0.2) is 42.8 Å². The molecule has 0 unspecified atom stereocenters. The Labute approximate surface area is 170 Å². The summed E-state index contributed by atoms with van der Waals surface area (Å²) < 4.78 is 27.4. The fourth-order valence-electron chi connectivity index (χ4n) is 2.93. The molecule has 1 aromatic heterocycles. The van der Waals surface area contributed by atoms with Crippen molar-refractivity contribution in [3.05, 3.63) is 84.4 Å². The Morgan fingerprint density at radius 2 is 1.69 bits per heavy atom. The Morgan fingerprint density at radius 1 is 1.00 bits per heavy atom. The standard InChI is InChI=1S/C21H22N4O3S/c1-3-25(19-7-5-4-6-8-19)29(27,28)20-11-9-17(10-12-20)21(26)24(2)16-18-15-22-13-14-23-18/h4-15H,3,16H2,1-2H3. The molecule has 0 N–H and O–H groups in total. The van der Waals surface area contributed by atoms with Gasteiger partial charge in [0.25, 0.3) is 15.9 Å². The van der Waals surface area contributed by atoms with E-state index < -0.39 is 10.0 Å². The smallest absolute Gasteiger partial charge is 0.264 e. The fraction of sp³-hybridized carbons (Fsp3) is 0.190. The van der Waals surface area contributed by atoms with Crippen LogP contribution < -0.4 is 4.31 Å². The van der Waals surface area contributed by atoms with Gasteiger partial charge in [-0.25, -0.2) is 8.42 Å². The number of sulfonamides is 1. The minimum Gasteiger partial charge on any atom is -0.336 e. The Hall–Kier alpha value is -3.26. The highest BCUT2D eigenvalue weighted by molar-refractivity contribution is 7.92. The van der Waals surface area contributed by atoms with Crippen LogP contribution in [0.5, 0.6) is 0 Å². The summed E-state index contributed by atoms with van der Waals surface area (Å²) in [4.78, 5) is 22.4. The molecule has 0 aliphatic carbocycles. The van der Waals surface area contributed by atoms with Gasteiger partial charge in [-0.2, -0.15) is 0 Å².